The molecule has 118 valence electrons. The summed E-state index contributed by atoms with van der Waals surface area (Å²) in [7, 11) is 0. The second kappa shape index (κ2) is 7.62. The van der Waals surface area contributed by atoms with E-state index in [1.807, 2.05) is 4.90 Å². The molecule has 0 saturated carbocycles. The lowest BCUT2D eigenvalue weighted by molar-refractivity contribution is -0.136. The molecule has 2 unspecified atom stereocenters. The van der Waals surface area contributed by atoms with Gasteiger partial charge in [0.2, 0.25) is 5.91 Å². The topological polar surface area (TPSA) is 35.6 Å². The second-order valence-electron chi connectivity index (χ2n) is 6.65. The average molecular weight is 304 g/mol. The summed E-state index contributed by atoms with van der Waals surface area (Å²) in [5, 5.41) is 3.66. The standard InChI is InChI=1S/C15H29N3O.ClH/c1-11(2)18(12(3)4)15(19)10-17-8-7-13-5-6-14(9-17)16-13;/h11-14,16H,5-10H2,1-4H3;1H. The van der Waals surface area contributed by atoms with Crippen molar-refractivity contribution in [3.8, 4) is 0 Å². The molecule has 0 radical (unpaired) electrons. The molecular weight excluding hydrogens is 274 g/mol. The van der Waals surface area contributed by atoms with Crippen LogP contribution >= 0.6 is 12.4 Å². The third-order valence-electron chi connectivity index (χ3n) is 4.37. The number of hydrogen-bond donors (Lipinski definition) is 1. The maximum Gasteiger partial charge on any atom is 0.237 e. The molecule has 20 heavy (non-hydrogen) atoms. The first-order valence-electron chi connectivity index (χ1n) is 7.77. The SMILES string of the molecule is CC(C)N(C(=O)CN1CCC2CCC(C1)N2)C(C)C.Cl. The zero-order chi connectivity index (χ0) is 14.0. The van der Waals surface area contributed by atoms with E-state index in [-0.39, 0.29) is 30.4 Å². The summed E-state index contributed by atoms with van der Waals surface area (Å²) < 4.78 is 0. The summed E-state index contributed by atoms with van der Waals surface area (Å²) in [5.74, 6) is 0.280. The van der Waals surface area contributed by atoms with Gasteiger partial charge in [-0.3, -0.25) is 9.69 Å². The minimum Gasteiger partial charge on any atom is -0.337 e. The van der Waals surface area contributed by atoms with Gasteiger partial charge in [0.25, 0.3) is 0 Å². The second-order valence-corrected chi connectivity index (χ2v) is 6.65. The first kappa shape index (κ1) is 17.7. The van der Waals surface area contributed by atoms with Crippen LogP contribution in [0.2, 0.25) is 0 Å². The summed E-state index contributed by atoms with van der Waals surface area (Å²) in [6, 6.07) is 1.87. The van der Waals surface area contributed by atoms with Crippen molar-refractivity contribution in [2.75, 3.05) is 19.6 Å². The number of nitrogens with one attached hydrogen (secondary N) is 1. The highest BCUT2D eigenvalue weighted by atomic mass is 35.5. The highest BCUT2D eigenvalue weighted by Crippen LogP contribution is 2.20. The quantitative estimate of drug-likeness (QED) is 0.861. The van der Waals surface area contributed by atoms with E-state index in [1.54, 1.807) is 0 Å². The molecule has 0 aliphatic carbocycles. The zero-order valence-corrected chi connectivity index (χ0v) is 14.1. The van der Waals surface area contributed by atoms with E-state index in [2.05, 4.69) is 37.9 Å². The van der Waals surface area contributed by atoms with Crippen LogP contribution in [0.3, 0.4) is 0 Å². The predicted octanol–water partition coefficient (Wildman–Crippen LogP) is 1.88. The summed E-state index contributed by atoms with van der Waals surface area (Å²) in [5.41, 5.74) is 0. The van der Waals surface area contributed by atoms with Crippen LogP contribution in [0.1, 0.15) is 47.0 Å². The van der Waals surface area contributed by atoms with Gasteiger partial charge in [-0.2, -0.15) is 0 Å². The monoisotopic (exact) mass is 303 g/mol. The van der Waals surface area contributed by atoms with Crippen LogP contribution in [0.5, 0.6) is 0 Å². The van der Waals surface area contributed by atoms with Gasteiger partial charge in [0, 0.05) is 37.3 Å². The van der Waals surface area contributed by atoms with Gasteiger partial charge in [0.1, 0.15) is 0 Å². The zero-order valence-electron chi connectivity index (χ0n) is 13.3. The van der Waals surface area contributed by atoms with E-state index >= 15 is 0 Å². The molecule has 2 aliphatic heterocycles. The molecular formula is C15H30ClN3O. The van der Waals surface area contributed by atoms with Crippen molar-refractivity contribution in [2.45, 2.75) is 71.1 Å². The van der Waals surface area contributed by atoms with Crippen molar-refractivity contribution in [1.29, 1.82) is 0 Å². The maximum absolute atomic E-state index is 12.5. The van der Waals surface area contributed by atoms with Crippen LogP contribution in [0.25, 0.3) is 0 Å². The number of carbonyl (C=O) groups is 1. The molecule has 2 bridgehead atoms. The number of likely N-dealkylation sites (tertiary alicyclic amines) is 1. The van der Waals surface area contributed by atoms with Gasteiger partial charge in [-0.15, -0.1) is 12.4 Å². The van der Waals surface area contributed by atoms with Crippen LogP contribution in [-0.4, -0.2) is 59.5 Å². The number of rotatable bonds is 4. The number of halogens is 1. The molecule has 2 heterocycles. The van der Waals surface area contributed by atoms with Crippen molar-refractivity contribution in [3.63, 3.8) is 0 Å². The minimum absolute atomic E-state index is 0. The van der Waals surface area contributed by atoms with Crippen molar-refractivity contribution in [1.82, 2.24) is 15.1 Å². The number of amides is 1. The van der Waals surface area contributed by atoms with E-state index in [4.69, 9.17) is 0 Å². The molecule has 4 nitrogen and oxygen atoms in total. The highest BCUT2D eigenvalue weighted by molar-refractivity contribution is 5.85. The van der Waals surface area contributed by atoms with Crippen LogP contribution in [0.15, 0.2) is 0 Å². The molecule has 1 N–H and O–H groups in total. The van der Waals surface area contributed by atoms with Crippen LogP contribution in [-0.2, 0) is 4.79 Å². The summed E-state index contributed by atoms with van der Waals surface area (Å²) in [6.07, 6.45) is 3.77. The Morgan fingerprint density at radius 1 is 1.15 bits per heavy atom. The van der Waals surface area contributed by atoms with Gasteiger partial charge in [0.15, 0.2) is 0 Å². The molecule has 2 saturated heterocycles. The number of carbonyl (C=O) groups excluding carboxylic acids is 1. The summed E-state index contributed by atoms with van der Waals surface area (Å²) in [4.78, 5) is 16.8. The lowest BCUT2D eigenvalue weighted by Crippen LogP contribution is -2.48. The van der Waals surface area contributed by atoms with Gasteiger partial charge in [-0.25, -0.2) is 0 Å². The fourth-order valence-corrected chi connectivity index (χ4v) is 3.60. The molecule has 5 heteroatoms. The van der Waals surface area contributed by atoms with E-state index < -0.39 is 0 Å². The number of nitrogens with zero attached hydrogens (tertiary/aromatic N) is 2. The summed E-state index contributed by atoms with van der Waals surface area (Å²) >= 11 is 0. The van der Waals surface area contributed by atoms with Crippen LogP contribution in [0, 0.1) is 0 Å². The lowest BCUT2D eigenvalue weighted by atomic mass is 10.1. The van der Waals surface area contributed by atoms with Gasteiger partial charge in [-0.1, -0.05) is 0 Å². The molecule has 0 spiro atoms. The van der Waals surface area contributed by atoms with Crippen molar-refractivity contribution in [2.24, 2.45) is 0 Å². The minimum atomic E-state index is 0. The third-order valence-corrected chi connectivity index (χ3v) is 4.37. The fourth-order valence-electron chi connectivity index (χ4n) is 3.60. The Hall–Kier alpha value is -0.320. The van der Waals surface area contributed by atoms with Crippen LogP contribution < -0.4 is 5.32 Å². The van der Waals surface area contributed by atoms with Gasteiger partial charge in [0.05, 0.1) is 6.54 Å². The average Bonchev–Trinajstić information content (AvgIpc) is 2.61. The Balaban J connectivity index is 0.00000200. The predicted molar refractivity (Wildman–Crippen MR) is 85.4 cm³/mol. The Kier molecular flexibility index (Phi) is 6.76. The fraction of sp³-hybridized carbons (Fsp3) is 0.933. The van der Waals surface area contributed by atoms with E-state index in [1.165, 1.54) is 19.3 Å². The maximum atomic E-state index is 12.5. The molecule has 2 aliphatic rings. The van der Waals surface area contributed by atoms with Crippen molar-refractivity contribution < 1.29 is 4.79 Å². The number of hydrogen-bond acceptors (Lipinski definition) is 3. The van der Waals surface area contributed by atoms with Crippen LogP contribution in [0.4, 0.5) is 0 Å². The summed E-state index contributed by atoms with van der Waals surface area (Å²) in [6.45, 7) is 11.1. The van der Waals surface area contributed by atoms with E-state index in [0.29, 0.717) is 18.6 Å². The first-order valence-corrected chi connectivity index (χ1v) is 7.77. The highest BCUT2D eigenvalue weighted by Gasteiger charge is 2.31. The normalized spacial score (nSPS) is 26.5. The van der Waals surface area contributed by atoms with Gasteiger partial charge < -0.3 is 10.2 Å². The Morgan fingerprint density at radius 3 is 2.35 bits per heavy atom. The molecule has 2 fully saturated rings. The number of fused-ring (bicyclic) bond motifs is 2. The lowest BCUT2D eigenvalue weighted by Gasteiger charge is -2.33. The Labute approximate surface area is 129 Å². The smallest absolute Gasteiger partial charge is 0.237 e. The Bertz CT molecular complexity index is 314. The third kappa shape index (κ3) is 4.34. The molecule has 0 aromatic heterocycles. The van der Waals surface area contributed by atoms with E-state index in [9.17, 15) is 4.79 Å². The van der Waals surface area contributed by atoms with E-state index in [0.717, 1.165) is 13.1 Å². The van der Waals surface area contributed by atoms with Crippen molar-refractivity contribution >= 4 is 18.3 Å². The largest absolute Gasteiger partial charge is 0.337 e. The van der Waals surface area contributed by atoms with Gasteiger partial charge in [-0.05, 0) is 47.0 Å². The first-order chi connectivity index (χ1) is 8.97. The van der Waals surface area contributed by atoms with Crippen molar-refractivity contribution in [3.05, 3.63) is 0 Å². The molecule has 1 amide bonds. The molecule has 2 rings (SSSR count). The Morgan fingerprint density at radius 2 is 1.75 bits per heavy atom. The van der Waals surface area contributed by atoms with Gasteiger partial charge >= 0.3 is 0 Å². The molecule has 0 aromatic carbocycles. The molecule has 2 atom stereocenters. The molecule has 0 aromatic rings.